The van der Waals surface area contributed by atoms with Crippen molar-refractivity contribution in [2.75, 3.05) is 7.11 Å². The normalized spacial score (nSPS) is 15.4. The molecule has 0 rings (SSSR count). The molecule has 1 atom stereocenters. The number of allylic oxidation sites excluding steroid dienone is 1. The minimum absolute atomic E-state index is 0.179. The highest BCUT2D eigenvalue weighted by atomic mass is 16.5. The third-order valence-corrected chi connectivity index (χ3v) is 2.30. The summed E-state index contributed by atoms with van der Waals surface area (Å²) in [5, 5.41) is 9.14. The lowest BCUT2D eigenvalue weighted by atomic mass is 9.85. The molecule has 0 aliphatic heterocycles. The Hall–Kier alpha value is -1.09. The third kappa shape index (κ3) is 5.12. The standard InChI is InChI=1S/C13H22O3/c1-6-7-8-10(16-5)9-11(12(14)15)13(2,3)4/h6-7,9-10H,8H2,1-5H3,(H,14,15). The summed E-state index contributed by atoms with van der Waals surface area (Å²) in [6.45, 7) is 7.58. The quantitative estimate of drug-likeness (QED) is 0.579. The molecule has 16 heavy (non-hydrogen) atoms. The van der Waals surface area contributed by atoms with E-state index in [1.807, 2.05) is 39.8 Å². The maximum absolute atomic E-state index is 11.1. The molecule has 1 N–H and O–H groups in total. The minimum atomic E-state index is -0.880. The Balaban J connectivity index is 4.95. The van der Waals surface area contributed by atoms with Crippen LogP contribution in [0.25, 0.3) is 0 Å². The van der Waals surface area contributed by atoms with E-state index in [0.29, 0.717) is 12.0 Å². The van der Waals surface area contributed by atoms with Crippen LogP contribution in [0.2, 0.25) is 0 Å². The summed E-state index contributed by atoms with van der Waals surface area (Å²) < 4.78 is 5.24. The lowest BCUT2D eigenvalue weighted by molar-refractivity contribution is -0.133. The largest absolute Gasteiger partial charge is 0.478 e. The Labute approximate surface area is 97.8 Å². The number of rotatable bonds is 5. The number of methoxy groups -OCH3 is 1. The van der Waals surface area contributed by atoms with Crippen molar-refractivity contribution < 1.29 is 14.6 Å². The maximum Gasteiger partial charge on any atom is 0.331 e. The van der Waals surface area contributed by atoms with E-state index in [4.69, 9.17) is 9.84 Å². The molecule has 0 saturated carbocycles. The molecule has 0 saturated heterocycles. The summed E-state index contributed by atoms with van der Waals surface area (Å²) in [6.07, 6.45) is 6.10. The van der Waals surface area contributed by atoms with Gasteiger partial charge in [0.2, 0.25) is 0 Å². The van der Waals surface area contributed by atoms with Gasteiger partial charge in [-0.1, -0.05) is 32.9 Å². The molecule has 0 heterocycles. The van der Waals surface area contributed by atoms with E-state index in [0.717, 1.165) is 0 Å². The maximum atomic E-state index is 11.1. The molecule has 3 heteroatoms. The zero-order valence-electron chi connectivity index (χ0n) is 10.8. The average molecular weight is 226 g/mol. The lowest BCUT2D eigenvalue weighted by Gasteiger charge is -2.21. The van der Waals surface area contributed by atoms with Gasteiger partial charge >= 0.3 is 5.97 Å². The Morgan fingerprint density at radius 2 is 2.00 bits per heavy atom. The third-order valence-electron chi connectivity index (χ3n) is 2.30. The van der Waals surface area contributed by atoms with Crippen LogP contribution >= 0.6 is 0 Å². The Bertz CT molecular complexity index is 282. The van der Waals surface area contributed by atoms with Crippen LogP contribution in [0.4, 0.5) is 0 Å². The second-order valence-electron chi connectivity index (χ2n) is 4.71. The van der Waals surface area contributed by atoms with Crippen molar-refractivity contribution in [1.29, 1.82) is 0 Å². The number of carbonyl (C=O) groups is 1. The smallest absolute Gasteiger partial charge is 0.331 e. The second kappa shape index (κ2) is 6.48. The lowest BCUT2D eigenvalue weighted by Crippen LogP contribution is -2.20. The van der Waals surface area contributed by atoms with Crippen LogP contribution in [0, 0.1) is 5.41 Å². The summed E-state index contributed by atoms with van der Waals surface area (Å²) in [7, 11) is 1.59. The molecule has 3 nitrogen and oxygen atoms in total. The number of hydrogen-bond donors (Lipinski definition) is 1. The van der Waals surface area contributed by atoms with Gasteiger partial charge in [-0.2, -0.15) is 0 Å². The van der Waals surface area contributed by atoms with E-state index in [1.54, 1.807) is 13.2 Å². The molecular formula is C13H22O3. The molecule has 0 spiro atoms. The molecule has 0 bridgehead atoms. The molecule has 0 radical (unpaired) electrons. The van der Waals surface area contributed by atoms with Gasteiger partial charge in [0.1, 0.15) is 0 Å². The monoisotopic (exact) mass is 226 g/mol. The van der Waals surface area contributed by atoms with Crippen molar-refractivity contribution in [3.63, 3.8) is 0 Å². The van der Waals surface area contributed by atoms with Gasteiger partial charge < -0.3 is 9.84 Å². The highest BCUT2D eigenvalue weighted by molar-refractivity contribution is 5.88. The molecule has 0 aromatic heterocycles. The molecule has 0 fully saturated rings. The van der Waals surface area contributed by atoms with Crippen molar-refractivity contribution >= 4 is 5.97 Å². The molecule has 92 valence electrons. The van der Waals surface area contributed by atoms with Crippen molar-refractivity contribution in [1.82, 2.24) is 0 Å². The van der Waals surface area contributed by atoms with Gasteiger partial charge in [-0.25, -0.2) is 4.79 Å². The van der Waals surface area contributed by atoms with E-state index < -0.39 is 5.97 Å². The van der Waals surface area contributed by atoms with E-state index in [1.165, 1.54) is 0 Å². The fourth-order valence-corrected chi connectivity index (χ4v) is 1.33. The summed E-state index contributed by atoms with van der Waals surface area (Å²) in [6, 6.07) is 0. The van der Waals surface area contributed by atoms with Gasteiger partial charge in [0.25, 0.3) is 0 Å². The first kappa shape index (κ1) is 14.9. The van der Waals surface area contributed by atoms with Crippen LogP contribution in [-0.4, -0.2) is 24.3 Å². The van der Waals surface area contributed by atoms with Crippen molar-refractivity contribution in [3.8, 4) is 0 Å². The van der Waals surface area contributed by atoms with Crippen molar-refractivity contribution in [2.24, 2.45) is 5.41 Å². The zero-order chi connectivity index (χ0) is 12.8. The van der Waals surface area contributed by atoms with Crippen molar-refractivity contribution in [3.05, 3.63) is 23.8 Å². The first-order valence-electron chi connectivity index (χ1n) is 5.42. The molecule has 0 amide bonds. The van der Waals surface area contributed by atoms with Crippen LogP contribution in [0.1, 0.15) is 34.1 Å². The SMILES string of the molecule is CC=CCC(C=C(C(=O)O)C(C)(C)C)OC. The summed E-state index contributed by atoms with van der Waals surface area (Å²) in [5.74, 6) is -0.880. The van der Waals surface area contributed by atoms with Crippen LogP contribution in [0.15, 0.2) is 23.8 Å². The summed E-state index contributed by atoms with van der Waals surface area (Å²) in [4.78, 5) is 11.1. The molecule has 0 aliphatic carbocycles. The predicted octanol–water partition coefficient (Wildman–Crippen LogP) is 3.02. The first-order chi connectivity index (χ1) is 7.32. The minimum Gasteiger partial charge on any atom is -0.478 e. The number of ether oxygens (including phenoxy) is 1. The average Bonchev–Trinajstić information content (AvgIpc) is 2.15. The fraction of sp³-hybridized carbons (Fsp3) is 0.615. The van der Waals surface area contributed by atoms with Gasteiger partial charge in [-0.3, -0.25) is 0 Å². The Morgan fingerprint density at radius 3 is 2.31 bits per heavy atom. The zero-order valence-corrected chi connectivity index (χ0v) is 10.8. The number of carboxylic acid groups (broad SMARTS) is 1. The second-order valence-corrected chi connectivity index (χ2v) is 4.71. The number of hydrogen-bond acceptors (Lipinski definition) is 2. The Kier molecular flexibility index (Phi) is 6.04. The van der Waals surface area contributed by atoms with Crippen LogP contribution < -0.4 is 0 Å². The fourth-order valence-electron chi connectivity index (χ4n) is 1.33. The van der Waals surface area contributed by atoms with E-state index in [9.17, 15) is 4.79 Å². The van der Waals surface area contributed by atoms with E-state index in [-0.39, 0.29) is 11.5 Å². The predicted molar refractivity (Wildman–Crippen MR) is 65.4 cm³/mol. The van der Waals surface area contributed by atoms with Crippen LogP contribution in [0.5, 0.6) is 0 Å². The number of carboxylic acids is 1. The molecule has 1 unspecified atom stereocenters. The number of aliphatic carboxylic acids is 1. The van der Waals surface area contributed by atoms with Crippen LogP contribution in [0.3, 0.4) is 0 Å². The van der Waals surface area contributed by atoms with Gasteiger partial charge in [-0.05, 0) is 24.8 Å². The van der Waals surface area contributed by atoms with Crippen LogP contribution in [-0.2, 0) is 9.53 Å². The molecule has 0 aromatic rings. The Morgan fingerprint density at radius 1 is 1.44 bits per heavy atom. The van der Waals surface area contributed by atoms with Gasteiger partial charge in [0.15, 0.2) is 0 Å². The molecular weight excluding hydrogens is 204 g/mol. The first-order valence-corrected chi connectivity index (χ1v) is 5.42. The topological polar surface area (TPSA) is 46.5 Å². The van der Waals surface area contributed by atoms with Crippen molar-refractivity contribution in [2.45, 2.75) is 40.2 Å². The highest BCUT2D eigenvalue weighted by Crippen LogP contribution is 2.26. The summed E-state index contributed by atoms with van der Waals surface area (Å²) >= 11 is 0. The molecule has 0 aliphatic rings. The van der Waals surface area contributed by atoms with Gasteiger partial charge in [0, 0.05) is 12.7 Å². The van der Waals surface area contributed by atoms with E-state index >= 15 is 0 Å². The summed E-state index contributed by atoms with van der Waals surface area (Å²) in [5.41, 5.74) is 0.0160. The molecule has 0 aromatic carbocycles. The van der Waals surface area contributed by atoms with Gasteiger partial charge in [0.05, 0.1) is 6.10 Å². The van der Waals surface area contributed by atoms with E-state index in [2.05, 4.69) is 0 Å². The highest BCUT2D eigenvalue weighted by Gasteiger charge is 2.24. The van der Waals surface area contributed by atoms with Gasteiger partial charge in [-0.15, -0.1) is 0 Å².